The van der Waals surface area contributed by atoms with Gasteiger partial charge in [0.05, 0.1) is 35.8 Å². The number of methoxy groups -OCH3 is 1. The van der Waals surface area contributed by atoms with Gasteiger partial charge in [0.15, 0.2) is 6.61 Å². The largest absolute Gasteiger partial charge is 0.466 e. The van der Waals surface area contributed by atoms with E-state index < -0.39 is 46.9 Å². The minimum absolute atomic E-state index is 0.0244. The van der Waals surface area contributed by atoms with Gasteiger partial charge in [-0.2, -0.15) is 0 Å². The van der Waals surface area contributed by atoms with Crippen molar-refractivity contribution in [2.24, 2.45) is 0 Å². The molecule has 2 aromatic carbocycles. The second-order valence-electron chi connectivity index (χ2n) is 10.1. The number of rotatable bonds is 10. The number of nitro benzene ring substituents is 1. The fourth-order valence-electron chi connectivity index (χ4n) is 4.69. The van der Waals surface area contributed by atoms with Gasteiger partial charge >= 0.3 is 11.7 Å². The lowest BCUT2D eigenvalue weighted by atomic mass is 10.1. The van der Waals surface area contributed by atoms with Gasteiger partial charge in [-0.1, -0.05) is 6.07 Å². The van der Waals surface area contributed by atoms with Crippen molar-refractivity contribution in [2.45, 2.75) is 13.1 Å². The van der Waals surface area contributed by atoms with E-state index in [1.165, 1.54) is 55.8 Å². The number of halogens is 2. The Morgan fingerprint density at radius 1 is 1.04 bits per heavy atom. The molecule has 15 heteroatoms. The fraction of sp³-hybridized carbons (Fsp3) is 0.200. The molecule has 0 amide bonds. The van der Waals surface area contributed by atoms with Crippen LogP contribution < -0.4 is 16.0 Å². The first-order valence-corrected chi connectivity index (χ1v) is 14.1. The summed E-state index contributed by atoms with van der Waals surface area (Å²) in [6.07, 6.45) is 1.20. The number of carbonyl (C=O) groups is 1. The molecule has 0 saturated carbocycles. The molecule has 0 N–H and O–H groups in total. The summed E-state index contributed by atoms with van der Waals surface area (Å²) < 4.78 is 41.5. The minimum atomic E-state index is -0.881. The van der Waals surface area contributed by atoms with Crippen molar-refractivity contribution in [3.05, 3.63) is 115 Å². The Balaban J connectivity index is 1.78. The van der Waals surface area contributed by atoms with Gasteiger partial charge in [0.2, 0.25) is 5.88 Å². The molecule has 0 fully saturated rings. The molecule has 45 heavy (non-hydrogen) atoms. The summed E-state index contributed by atoms with van der Waals surface area (Å²) in [4.78, 5) is 57.0. The van der Waals surface area contributed by atoms with E-state index in [0.29, 0.717) is 16.0 Å². The number of hydrogen-bond donors (Lipinski definition) is 0. The molecule has 0 radical (unpaired) electrons. The van der Waals surface area contributed by atoms with Gasteiger partial charge in [-0.3, -0.25) is 19.5 Å². The van der Waals surface area contributed by atoms with Crippen LogP contribution in [-0.2, 0) is 22.6 Å². The number of thiophene rings is 1. The van der Waals surface area contributed by atoms with Gasteiger partial charge in [-0.25, -0.2) is 27.9 Å². The van der Waals surface area contributed by atoms with Crippen molar-refractivity contribution < 1.29 is 28.0 Å². The van der Waals surface area contributed by atoms with Gasteiger partial charge in [0.1, 0.15) is 16.5 Å². The van der Waals surface area contributed by atoms with Crippen LogP contribution in [0, 0.1) is 21.7 Å². The van der Waals surface area contributed by atoms with Crippen LogP contribution in [0.5, 0.6) is 5.88 Å². The highest BCUT2D eigenvalue weighted by Gasteiger charge is 2.25. The average molecular weight is 638 g/mol. The number of carbonyl (C=O) groups excluding carboxylic acids is 1. The van der Waals surface area contributed by atoms with E-state index >= 15 is 0 Å². The van der Waals surface area contributed by atoms with Gasteiger partial charge in [-0.05, 0) is 55.6 Å². The molecule has 0 aliphatic carbocycles. The number of ether oxygens (including phenoxy) is 2. The van der Waals surface area contributed by atoms with Crippen molar-refractivity contribution >= 4 is 33.2 Å². The number of hydrogen-bond acceptors (Lipinski definition) is 10. The smallest absolute Gasteiger partial charge is 0.343 e. The van der Waals surface area contributed by atoms with E-state index in [4.69, 9.17) is 4.74 Å². The first-order valence-electron chi connectivity index (χ1n) is 13.3. The Morgan fingerprint density at radius 3 is 2.31 bits per heavy atom. The lowest BCUT2D eigenvalue weighted by Gasteiger charge is -2.15. The number of aromatic nitrogens is 3. The number of nitrogens with zero attached hydrogens (tertiary/aromatic N) is 5. The third kappa shape index (κ3) is 6.21. The maximum absolute atomic E-state index is 14.9. The van der Waals surface area contributed by atoms with E-state index in [2.05, 4.69) is 9.72 Å². The van der Waals surface area contributed by atoms with Crippen LogP contribution in [0.25, 0.3) is 26.3 Å². The second kappa shape index (κ2) is 12.8. The molecule has 0 saturated heterocycles. The van der Waals surface area contributed by atoms with E-state index in [1.807, 2.05) is 0 Å². The topological polar surface area (TPSA) is 139 Å². The quantitative estimate of drug-likeness (QED) is 0.126. The third-order valence-electron chi connectivity index (χ3n) is 6.81. The van der Waals surface area contributed by atoms with Gasteiger partial charge in [0.25, 0.3) is 11.2 Å². The molecule has 232 valence electrons. The highest BCUT2D eigenvalue weighted by molar-refractivity contribution is 7.22. The maximum atomic E-state index is 14.9. The number of fused-ring (bicyclic) bond motifs is 1. The van der Waals surface area contributed by atoms with Gasteiger partial charge < -0.3 is 14.4 Å². The molecule has 12 nitrogen and oxygen atoms in total. The zero-order valence-electron chi connectivity index (χ0n) is 24.2. The Morgan fingerprint density at radius 2 is 1.73 bits per heavy atom. The summed E-state index contributed by atoms with van der Waals surface area (Å²) in [5.41, 5.74) is -0.987. The van der Waals surface area contributed by atoms with Crippen LogP contribution in [0.1, 0.15) is 11.1 Å². The van der Waals surface area contributed by atoms with E-state index in [0.717, 1.165) is 32.6 Å². The SMILES string of the molecule is COC(=O)COc1ccc(-n2c(=O)c3c(CN(C)C)c(-c4ccc([N+](=O)[O-])cc4)sc3n(Cc3c(F)cccc3F)c2=O)cn1. The first-order chi connectivity index (χ1) is 21.5. The van der Waals surface area contributed by atoms with Crippen molar-refractivity contribution in [1.29, 1.82) is 0 Å². The molecule has 0 atom stereocenters. The van der Waals surface area contributed by atoms with Gasteiger partial charge in [-0.15, -0.1) is 11.3 Å². The number of non-ortho nitro benzene ring substituents is 1. The zero-order valence-corrected chi connectivity index (χ0v) is 25.0. The summed E-state index contributed by atoms with van der Waals surface area (Å²) >= 11 is 1.07. The lowest BCUT2D eigenvalue weighted by molar-refractivity contribution is -0.384. The van der Waals surface area contributed by atoms with Crippen LogP contribution in [0.4, 0.5) is 14.5 Å². The highest BCUT2D eigenvalue weighted by atomic mass is 32.1. The maximum Gasteiger partial charge on any atom is 0.343 e. The molecule has 3 aromatic heterocycles. The molecule has 0 spiro atoms. The Labute approximate surface area is 257 Å². The van der Waals surface area contributed by atoms with Crippen LogP contribution >= 0.6 is 11.3 Å². The molecule has 0 aliphatic heterocycles. The first kappa shape index (κ1) is 31.2. The number of esters is 1. The normalized spacial score (nSPS) is 11.2. The van der Waals surface area contributed by atoms with E-state index in [9.17, 15) is 33.3 Å². The predicted molar refractivity (Wildman–Crippen MR) is 162 cm³/mol. The highest BCUT2D eigenvalue weighted by Crippen LogP contribution is 2.38. The summed E-state index contributed by atoms with van der Waals surface area (Å²) in [5.74, 6) is -2.36. The zero-order chi connectivity index (χ0) is 32.4. The number of pyridine rings is 1. The number of benzene rings is 2. The number of nitro groups is 1. The second-order valence-corrected chi connectivity index (χ2v) is 11.1. The minimum Gasteiger partial charge on any atom is -0.466 e. The molecular formula is C30H25F2N5O7S. The Kier molecular flexibility index (Phi) is 8.83. The average Bonchev–Trinajstić information content (AvgIpc) is 3.38. The summed E-state index contributed by atoms with van der Waals surface area (Å²) in [6.45, 7) is -0.722. The van der Waals surface area contributed by atoms with Crippen LogP contribution in [0.2, 0.25) is 0 Å². The third-order valence-corrected chi connectivity index (χ3v) is 8.11. The van der Waals surface area contributed by atoms with Crippen molar-refractivity contribution in [2.75, 3.05) is 27.8 Å². The molecule has 5 aromatic rings. The molecule has 0 unspecified atom stereocenters. The summed E-state index contributed by atoms with van der Waals surface area (Å²) in [5, 5.41) is 11.4. The van der Waals surface area contributed by atoms with Crippen LogP contribution in [0.3, 0.4) is 0 Å². The molecule has 0 bridgehead atoms. The molecular weight excluding hydrogens is 612 g/mol. The van der Waals surface area contributed by atoms with E-state index in [-0.39, 0.29) is 39.6 Å². The summed E-state index contributed by atoms with van der Waals surface area (Å²) in [7, 11) is 4.76. The van der Waals surface area contributed by atoms with Gasteiger partial charge in [0, 0.05) is 35.2 Å². The van der Waals surface area contributed by atoms with Crippen molar-refractivity contribution in [3.63, 3.8) is 0 Å². The van der Waals surface area contributed by atoms with Crippen molar-refractivity contribution in [3.8, 4) is 22.0 Å². The van der Waals surface area contributed by atoms with Crippen LogP contribution in [0.15, 0.2) is 70.4 Å². The Hall–Kier alpha value is -5.28. The molecule has 0 aliphatic rings. The lowest BCUT2D eigenvalue weighted by Crippen LogP contribution is -2.39. The molecule has 5 rings (SSSR count). The predicted octanol–water partition coefficient (Wildman–Crippen LogP) is 4.12. The standard InChI is InChI=1S/C30H25F2N5O7S/c1-34(2)14-21-26-28(39)36(19-11-12-24(33-13-19)44-16-25(38)43-3)30(40)35(15-20-22(31)5-4-6-23(20)32)29(26)45-27(21)17-7-9-18(10-8-17)37(41)42/h4-13H,14-16H2,1-3H3. The van der Waals surface area contributed by atoms with Crippen LogP contribution in [-0.4, -0.2) is 57.7 Å². The fourth-order valence-corrected chi connectivity index (χ4v) is 6.00. The summed E-state index contributed by atoms with van der Waals surface area (Å²) in [6, 6.07) is 11.8. The molecule has 3 heterocycles. The Bertz CT molecular complexity index is 2020. The monoisotopic (exact) mass is 637 g/mol. The van der Waals surface area contributed by atoms with Crippen molar-refractivity contribution in [1.82, 2.24) is 19.0 Å². The van der Waals surface area contributed by atoms with E-state index in [1.54, 1.807) is 19.0 Å².